The van der Waals surface area contributed by atoms with Crippen molar-refractivity contribution in [3.63, 3.8) is 0 Å². The number of para-hydroxylation sites is 2. The molecule has 244 valence electrons. The smallest absolute Gasteiger partial charge is 0.0982 e. The molecule has 0 spiro atoms. The van der Waals surface area contributed by atoms with Gasteiger partial charge in [0.25, 0.3) is 0 Å². The minimum Gasteiger partial charge on any atom is -0.307 e. The van der Waals surface area contributed by atoms with Crippen molar-refractivity contribution < 1.29 is 0 Å². The maximum absolute atomic E-state index is 5.41. The van der Waals surface area contributed by atoms with Crippen molar-refractivity contribution in [1.82, 2.24) is 29.1 Å². The average molecular weight is 643 g/mol. The summed E-state index contributed by atoms with van der Waals surface area (Å²) in [5.41, 5.74) is 12.2. The summed E-state index contributed by atoms with van der Waals surface area (Å²) >= 11 is 0. The second-order valence-corrected chi connectivity index (χ2v) is 14.0. The van der Waals surface area contributed by atoms with Gasteiger partial charge in [-0.3, -0.25) is 9.97 Å². The average Bonchev–Trinajstić information content (AvgIpc) is 3.66. The van der Waals surface area contributed by atoms with E-state index in [2.05, 4.69) is 148 Å². The quantitative estimate of drug-likeness (QED) is 0.165. The molecule has 0 aliphatic carbocycles. The molecule has 6 heteroatoms. The van der Waals surface area contributed by atoms with E-state index in [-0.39, 0.29) is 0 Å². The SMILES string of the molecule is CCC(C)c1cc2c(cn1)c1nc(C(C)(C)c3ccc4c(n3)c3cnc(C(C)CC)cc3n4-c3ccccc3)ccc1n2-c1ccccc1. The molecule has 2 aromatic carbocycles. The van der Waals surface area contributed by atoms with Gasteiger partial charge in [-0.2, -0.15) is 0 Å². The zero-order chi connectivity index (χ0) is 33.9. The predicted octanol–water partition coefficient (Wildman–Crippen LogP) is 10.8. The number of rotatable bonds is 8. The van der Waals surface area contributed by atoms with Gasteiger partial charge in [-0.1, -0.05) is 64.1 Å². The molecule has 8 aromatic rings. The first-order valence-corrected chi connectivity index (χ1v) is 17.5. The molecule has 2 unspecified atom stereocenters. The summed E-state index contributed by atoms with van der Waals surface area (Å²) in [6.07, 6.45) is 6.12. The summed E-state index contributed by atoms with van der Waals surface area (Å²) in [7, 11) is 0. The maximum Gasteiger partial charge on any atom is 0.0982 e. The normalized spacial score (nSPS) is 13.5. The summed E-state index contributed by atoms with van der Waals surface area (Å²) in [6.45, 7) is 13.4. The van der Waals surface area contributed by atoms with Crippen LogP contribution in [0.1, 0.15) is 89.0 Å². The third kappa shape index (κ3) is 5.00. The van der Waals surface area contributed by atoms with Crippen LogP contribution in [0.3, 0.4) is 0 Å². The van der Waals surface area contributed by atoms with Gasteiger partial charge < -0.3 is 9.13 Å². The molecule has 0 N–H and O–H groups in total. The molecule has 6 nitrogen and oxygen atoms in total. The van der Waals surface area contributed by atoms with Crippen LogP contribution in [0, 0.1) is 0 Å². The van der Waals surface area contributed by atoms with E-state index < -0.39 is 5.41 Å². The van der Waals surface area contributed by atoms with Crippen LogP contribution in [0.25, 0.3) is 55.2 Å². The fraction of sp³-hybridized carbons (Fsp3) is 0.256. The molecule has 0 aliphatic heterocycles. The van der Waals surface area contributed by atoms with E-state index in [4.69, 9.17) is 19.9 Å². The third-order valence-corrected chi connectivity index (χ3v) is 10.6. The Kier molecular flexibility index (Phi) is 7.55. The van der Waals surface area contributed by atoms with Crippen LogP contribution in [-0.4, -0.2) is 29.1 Å². The van der Waals surface area contributed by atoms with E-state index in [1.54, 1.807) is 0 Å². The lowest BCUT2D eigenvalue weighted by atomic mass is 9.84. The van der Waals surface area contributed by atoms with Gasteiger partial charge in [0, 0.05) is 51.3 Å². The maximum atomic E-state index is 5.41. The van der Waals surface area contributed by atoms with E-state index >= 15 is 0 Å². The van der Waals surface area contributed by atoms with E-state index in [1.165, 1.54) is 0 Å². The predicted molar refractivity (Wildman–Crippen MR) is 202 cm³/mol. The Balaban J connectivity index is 1.31. The van der Waals surface area contributed by atoms with Crippen LogP contribution in [0.15, 0.2) is 109 Å². The number of benzene rings is 2. The Morgan fingerprint density at radius 1 is 0.551 bits per heavy atom. The molecule has 0 saturated heterocycles. The fourth-order valence-electron chi connectivity index (χ4n) is 7.07. The molecule has 0 radical (unpaired) electrons. The molecule has 2 atom stereocenters. The third-order valence-electron chi connectivity index (χ3n) is 10.6. The second kappa shape index (κ2) is 12.0. The Morgan fingerprint density at radius 3 is 1.35 bits per heavy atom. The van der Waals surface area contributed by atoms with E-state index in [0.717, 1.165) is 90.9 Å². The van der Waals surface area contributed by atoms with Crippen LogP contribution < -0.4 is 0 Å². The molecule has 0 amide bonds. The minimum atomic E-state index is -0.473. The monoisotopic (exact) mass is 642 g/mol. The Labute approximate surface area is 287 Å². The Hall–Kier alpha value is -5.36. The summed E-state index contributed by atoms with van der Waals surface area (Å²) in [6, 6.07) is 34.4. The van der Waals surface area contributed by atoms with E-state index in [1.807, 2.05) is 12.4 Å². The van der Waals surface area contributed by atoms with Crippen LogP contribution in [-0.2, 0) is 5.41 Å². The van der Waals surface area contributed by atoms with Gasteiger partial charge >= 0.3 is 0 Å². The number of nitrogens with zero attached hydrogens (tertiary/aromatic N) is 6. The van der Waals surface area contributed by atoms with Crippen molar-refractivity contribution in [3.8, 4) is 11.4 Å². The number of aromatic nitrogens is 6. The molecular weight excluding hydrogens is 601 g/mol. The van der Waals surface area contributed by atoms with Crippen LogP contribution >= 0.6 is 0 Å². The summed E-state index contributed by atoms with van der Waals surface area (Å²) < 4.78 is 4.65. The van der Waals surface area contributed by atoms with Gasteiger partial charge in [-0.05, 0) is 99.2 Å². The standard InChI is InChI=1S/C43H42N6/c1-7-27(3)33-23-37-31(25-44-33)41-35(48(37)29-15-11-9-12-16-29)19-21-39(46-41)43(5,6)40-22-20-36-42(47-40)32-26-45-34(28(4)8-2)24-38(32)49(36)30-17-13-10-14-18-30/h9-28H,7-8H2,1-6H3. The van der Waals surface area contributed by atoms with Crippen molar-refractivity contribution in [1.29, 1.82) is 0 Å². The molecule has 8 rings (SSSR count). The highest BCUT2D eigenvalue weighted by molar-refractivity contribution is 6.08. The molecule has 0 aliphatic rings. The molecule has 6 aromatic heterocycles. The molecular formula is C43H42N6. The van der Waals surface area contributed by atoms with Crippen LogP contribution in [0.2, 0.25) is 0 Å². The van der Waals surface area contributed by atoms with Gasteiger partial charge in [-0.15, -0.1) is 0 Å². The molecule has 0 bridgehead atoms. The largest absolute Gasteiger partial charge is 0.307 e. The van der Waals surface area contributed by atoms with Gasteiger partial charge in [-0.25, -0.2) is 9.97 Å². The first kappa shape index (κ1) is 30.9. The fourth-order valence-corrected chi connectivity index (χ4v) is 7.07. The molecule has 6 heterocycles. The van der Waals surface area contributed by atoms with Crippen molar-refractivity contribution in [3.05, 3.63) is 132 Å². The summed E-state index contributed by atoms with van der Waals surface area (Å²) in [5, 5.41) is 2.11. The first-order chi connectivity index (χ1) is 23.8. The number of hydrogen-bond donors (Lipinski definition) is 0. The van der Waals surface area contributed by atoms with E-state index in [0.29, 0.717) is 11.8 Å². The minimum absolute atomic E-state index is 0.375. The lowest BCUT2D eigenvalue weighted by molar-refractivity contribution is 0.601. The van der Waals surface area contributed by atoms with Crippen molar-refractivity contribution in [2.24, 2.45) is 0 Å². The lowest BCUT2D eigenvalue weighted by Crippen LogP contribution is -2.22. The zero-order valence-electron chi connectivity index (χ0n) is 29.1. The highest BCUT2D eigenvalue weighted by Gasteiger charge is 2.29. The van der Waals surface area contributed by atoms with Crippen molar-refractivity contribution >= 4 is 43.9 Å². The number of pyridine rings is 4. The van der Waals surface area contributed by atoms with Gasteiger partial charge in [0.15, 0.2) is 0 Å². The second-order valence-electron chi connectivity index (χ2n) is 14.0. The van der Waals surface area contributed by atoms with Gasteiger partial charge in [0.1, 0.15) is 0 Å². The summed E-state index contributed by atoms with van der Waals surface area (Å²) in [5.74, 6) is 0.750. The molecule has 49 heavy (non-hydrogen) atoms. The van der Waals surface area contributed by atoms with Crippen LogP contribution in [0.5, 0.6) is 0 Å². The number of hydrogen-bond acceptors (Lipinski definition) is 4. The van der Waals surface area contributed by atoms with Gasteiger partial charge in [0.05, 0.1) is 44.5 Å². The Bertz CT molecular complexity index is 2300. The first-order valence-electron chi connectivity index (χ1n) is 17.5. The Morgan fingerprint density at radius 2 is 0.959 bits per heavy atom. The van der Waals surface area contributed by atoms with Crippen molar-refractivity contribution in [2.75, 3.05) is 0 Å². The lowest BCUT2D eigenvalue weighted by Gasteiger charge is -2.24. The topological polar surface area (TPSA) is 61.4 Å². The van der Waals surface area contributed by atoms with Crippen molar-refractivity contribution in [2.45, 2.75) is 71.6 Å². The highest BCUT2D eigenvalue weighted by atomic mass is 15.0. The van der Waals surface area contributed by atoms with E-state index in [9.17, 15) is 0 Å². The zero-order valence-corrected chi connectivity index (χ0v) is 29.1. The highest BCUT2D eigenvalue weighted by Crippen LogP contribution is 2.38. The molecule has 0 saturated carbocycles. The molecule has 0 fully saturated rings. The summed E-state index contributed by atoms with van der Waals surface area (Å²) in [4.78, 5) is 20.7. The van der Waals surface area contributed by atoms with Gasteiger partial charge in [0.2, 0.25) is 0 Å². The number of fused-ring (bicyclic) bond motifs is 6. The van der Waals surface area contributed by atoms with Crippen LogP contribution in [0.4, 0.5) is 0 Å².